The Morgan fingerprint density at radius 1 is 1.14 bits per heavy atom. The second-order valence-electron chi connectivity index (χ2n) is 7.59. The molecule has 0 amide bonds. The van der Waals surface area contributed by atoms with E-state index in [0.29, 0.717) is 19.8 Å². The Balaban J connectivity index is 1.65. The Bertz CT molecular complexity index is 789. The largest absolute Gasteiger partial charge is 0.389 e. The van der Waals surface area contributed by atoms with E-state index >= 15 is 0 Å². The maximum Gasteiger partial charge on any atom is 0.136 e. The van der Waals surface area contributed by atoms with E-state index in [-0.39, 0.29) is 0 Å². The van der Waals surface area contributed by atoms with Gasteiger partial charge in [0.15, 0.2) is 0 Å². The molecule has 0 radical (unpaired) electrons. The van der Waals surface area contributed by atoms with Gasteiger partial charge in [0.1, 0.15) is 11.6 Å². The molecule has 1 aliphatic rings. The predicted molar refractivity (Wildman–Crippen MR) is 116 cm³/mol. The van der Waals surface area contributed by atoms with E-state index < -0.39 is 6.10 Å². The van der Waals surface area contributed by atoms with Gasteiger partial charge in [-0.05, 0) is 19.4 Å². The normalized spacial score (nSPS) is 16.0. The SMILES string of the molecule is C=CCOC[C@H](O)CN1CCN(c2nc(C)nc(C)c2Cc2ccccc2)CC1. The highest BCUT2D eigenvalue weighted by Crippen LogP contribution is 2.25. The van der Waals surface area contributed by atoms with E-state index in [2.05, 4.69) is 52.6 Å². The summed E-state index contributed by atoms with van der Waals surface area (Å²) >= 11 is 0. The number of hydrogen-bond donors (Lipinski definition) is 1. The second kappa shape index (κ2) is 10.5. The molecule has 1 atom stereocenters. The molecular weight excluding hydrogens is 364 g/mol. The van der Waals surface area contributed by atoms with E-state index in [1.165, 1.54) is 11.1 Å². The molecule has 6 nitrogen and oxygen atoms in total. The van der Waals surface area contributed by atoms with Crippen LogP contribution in [0.5, 0.6) is 0 Å². The van der Waals surface area contributed by atoms with Gasteiger partial charge in [0.25, 0.3) is 0 Å². The molecule has 0 unspecified atom stereocenters. The first-order chi connectivity index (χ1) is 14.1. The lowest BCUT2D eigenvalue weighted by Gasteiger charge is -2.37. The van der Waals surface area contributed by atoms with Crippen molar-refractivity contribution in [2.45, 2.75) is 26.4 Å². The van der Waals surface area contributed by atoms with Gasteiger partial charge < -0.3 is 14.7 Å². The number of aryl methyl sites for hydroxylation is 2. The first-order valence-electron chi connectivity index (χ1n) is 10.3. The molecule has 156 valence electrons. The van der Waals surface area contributed by atoms with Gasteiger partial charge >= 0.3 is 0 Å². The minimum Gasteiger partial charge on any atom is -0.389 e. The summed E-state index contributed by atoms with van der Waals surface area (Å²) in [5.74, 6) is 1.86. The van der Waals surface area contributed by atoms with Crippen molar-refractivity contribution >= 4 is 5.82 Å². The zero-order valence-electron chi connectivity index (χ0n) is 17.5. The highest BCUT2D eigenvalue weighted by Gasteiger charge is 2.23. The van der Waals surface area contributed by atoms with Crippen LogP contribution in [-0.4, -0.2) is 72.0 Å². The number of piperazine rings is 1. The number of ether oxygens (including phenoxy) is 1. The number of β-amino-alcohol motifs (C(OH)–C–C–N with tert-alkyl or cyclic N) is 1. The quantitative estimate of drug-likeness (QED) is 0.519. The summed E-state index contributed by atoms with van der Waals surface area (Å²) in [5.41, 5.74) is 3.52. The molecule has 2 aromatic rings. The van der Waals surface area contributed by atoms with Gasteiger partial charge in [-0.3, -0.25) is 4.90 Å². The van der Waals surface area contributed by atoms with Crippen LogP contribution in [0.2, 0.25) is 0 Å². The maximum absolute atomic E-state index is 10.2. The Morgan fingerprint density at radius 2 is 1.86 bits per heavy atom. The van der Waals surface area contributed by atoms with E-state index in [1.54, 1.807) is 6.08 Å². The van der Waals surface area contributed by atoms with Crippen LogP contribution in [0.25, 0.3) is 0 Å². The zero-order valence-corrected chi connectivity index (χ0v) is 17.5. The van der Waals surface area contributed by atoms with Crippen molar-refractivity contribution in [3.05, 3.63) is 65.6 Å². The van der Waals surface area contributed by atoms with Crippen LogP contribution < -0.4 is 4.90 Å². The Hall–Kier alpha value is -2.28. The summed E-state index contributed by atoms with van der Waals surface area (Å²) in [7, 11) is 0. The molecule has 3 rings (SSSR count). The topological polar surface area (TPSA) is 61.7 Å². The van der Waals surface area contributed by atoms with Crippen LogP contribution in [0.1, 0.15) is 22.6 Å². The lowest BCUT2D eigenvalue weighted by molar-refractivity contribution is 0.0252. The molecule has 1 fully saturated rings. The van der Waals surface area contributed by atoms with Gasteiger partial charge in [-0.1, -0.05) is 36.4 Å². The average Bonchev–Trinajstić information content (AvgIpc) is 2.71. The molecule has 0 bridgehead atoms. The predicted octanol–water partition coefficient (Wildman–Crippen LogP) is 2.37. The smallest absolute Gasteiger partial charge is 0.136 e. The lowest BCUT2D eigenvalue weighted by atomic mass is 10.0. The molecule has 0 saturated carbocycles. The molecule has 0 aliphatic carbocycles. The molecule has 1 saturated heterocycles. The third-order valence-electron chi connectivity index (χ3n) is 5.21. The van der Waals surface area contributed by atoms with E-state index in [4.69, 9.17) is 9.72 Å². The molecule has 29 heavy (non-hydrogen) atoms. The minimum absolute atomic E-state index is 0.345. The monoisotopic (exact) mass is 396 g/mol. The average molecular weight is 397 g/mol. The van der Waals surface area contributed by atoms with Gasteiger partial charge in [0.2, 0.25) is 0 Å². The highest BCUT2D eigenvalue weighted by atomic mass is 16.5. The van der Waals surface area contributed by atoms with Crippen LogP contribution in [0.3, 0.4) is 0 Å². The number of rotatable bonds is 9. The highest BCUT2D eigenvalue weighted by molar-refractivity contribution is 5.51. The molecule has 6 heteroatoms. The van der Waals surface area contributed by atoms with Crippen molar-refractivity contribution in [1.82, 2.24) is 14.9 Å². The zero-order chi connectivity index (χ0) is 20.6. The van der Waals surface area contributed by atoms with Gasteiger partial charge in [0.05, 0.1) is 19.3 Å². The number of hydrogen-bond acceptors (Lipinski definition) is 6. The maximum atomic E-state index is 10.2. The van der Waals surface area contributed by atoms with Crippen LogP contribution >= 0.6 is 0 Å². The summed E-state index contributed by atoms with van der Waals surface area (Å²) in [5, 5.41) is 10.2. The number of anilines is 1. The Morgan fingerprint density at radius 3 is 2.55 bits per heavy atom. The van der Waals surface area contributed by atoms with Gasteiger partial charge in [-0.15, -0.1) is 6.58 Å². The molecule has 1 N–H and O–H groups in total. The van der Waals surface area contributed by atoms with E-state index in [0.717, 1.165) is 49.9 Å². The Kier molecular flexibility index (Phi) is 7.75. The molecular formula is C23H32N4O2. The molecule has 2 heterocycles. The standard InChI is InChI=1S/C23H32N4O2/c1-4-14-29-17-21(28)16-26-10-12-27(13-11-26)23-22(18(2)24-19(3)25-23)15-20-8-6-5-7-9-20/h4-9,21,28H,1,10-17H2,2-3H3/t21-/m1/s1. The van der Waals surface area contributed by atoms with Crippen LogP contribution in [-0.2, 0) is 11.2 Å². The van der Waals surface area contributed by atoms with Crippen molar-refractivity contribution in [3.8, 4) is 0 Å². The summed E-state index contributed by atoms with van der Waals surface area (Å²) in [4.78, 5) is 14.1. The molecule has 1 aromatic heterocycles. The van der Waals surface area contributed by atoms with Crippen LogP contribution in [0, 0.1) is 13.8 Å². The Labute approximate surface area is 173 Å². The van der Waals surface area contributed by atoms with Gasteiger partial charge in [-0.25, -0.2) is 9.97 Å². The third kappa shape index (κ3) is 6.10. The summed E-state index contributed by atoms with van der Waals surface area (Å²) in [6.45, 7) is 12.7. The number of aliphatic hydroxyl groups excluding tert-OH is 1. The van der Waals surface area contributed by atoms with Crippen molar-refractivity contribution in [3.63, 3.8) is 0 Å². The lowest BCUT2D eigenvalue weighted by Crippen LogP contribution is -2.49. The number of nitrogens with zero attached hydrogens (tertiary/aromatic N) is 4. The first-order valence-corrected chi connectivity index (χ1v) is 10.3. The molecule has 1 aliphatic heterocycles. The van der Waals surface area contributed by atoms with E-state index in [9.17, 15) is 5.11 Å². The fourth-order valence-electron chi connectivity index (χ4n) is 3.77. The summed E-state index contributed by atoms with van der Waals surface area (Å²) in [6, 6.07) is 10.5. The van der Waals surface area contributed by atoms with E-state index in [1.807, 2.05) is 13.0 Å². The number of aromatic nitrogens is 2. The van der Waals surface area contributed by atoms with Crippen molar-refractivity contribution in [2.24, 2.45) is 0 Å². The minimum atomic E-state index is -0.473. The van der Waals surface area contributed by atoms with Crippen molar-refractivity contribution in [1.29, 1.82) is 0 Å². The number of aliphatic hydroxyl groups is 1. The molecule has 1 aromatic carbocycles. The first kappa shape index (κ1) is 21.4. The third-order valence-corrected chi connectivity index (χ3v) is 5.21. The summed E-state index contributed by atoms with van der Waals surface area (Å²) < 4.78 is 5.35. The second-order valence-corrected chi connectivity index (χ2v) is 7.59. The summed E-state index contributed by atoms with van der Waals surface area (Å²) in [6.07, 6.45) is 2.06. The van der Waals surface area contributed by atoms with Crippen LogP contribution in [0.4, 0.5) is 5.82 Å². The fraction of sp³-hybridized carbons (Fsp3) is 0.478. The van der Waals surface area contributed by atoms with Gasteiger partial charge in [-0.2, -0.15) is 0 Å². The fourth-order valence-corrected chi connectivity index (χ4v) is 3.77. The van der Waals surface area contributed by atoms with Crippen molar-refractivity contribution in [2.75, 3.05) is 50.8 Å². The molecule has 0 spiro atoms. The van der Waals surface area contributed by atoms with Crippen LogP contribution in [0.15, 0.2) is 43.0 Å². The number of benzene rings is 1. The van der Waals surface area contributed by atoms with Gasteiger partial charge in [0, 0.05) is 50.4 Å². The van der Waals surface area contributed by atoms with Crippen molar-refractivity contribution < 1.29 is 9.84 Å².